The number of aliphatic hydroxyl groups excluding tert-OH is 5. The SMILES string of the molecule is C=C1CC(OC(=O)C(O)Cc2ccc(O)cc2)C2C(=C)C(=O)OC2C2C(C)=C(O[C@@H]3O[C@H](CO)[C@@H](O)[C@H](O)[C@H]3O)CC12. The number of fused-ring (bicyclic) bond motifs is 3. The Hall–Kier alpha value is -3.26. The summed E-state index contributed by atoms with van der Waals surface area (Å²) in [4.78, 5) is 25.7. The Kier molecular flexibility index (Phi) is 8.48. The first-order valence-electron chi connectivity index (χ1n) is 13.8. The van der Waals surface area contributed by atoms with E-state index in [9.17, 15) is 40.2 Å². The minimum atomic E-state index is -1.60. The monoisotopic (exact) mass is 588 g/mol. The summed E-state index contributed by atoms with van der Waals surface area (Å²) >= 11 is 0. The van der Waals surface area contributed by atoms with E-state index in [1.54, 1.807) is 19.1 Å². The van der Waals surface area contributed by atoms with Crippen LogP contribution in [-0.4, -0.2) is 98.2 Å². The Labute approximate surface area is 242 Å². The van der Waals surface area contributed by atoms with Crippen molar-refractivity contribution in [2.45, 2.75) is 75.2 Å². The van der Waals surface area contributed by atoms with Gasteiger partial charge in [0, 0.05) is 30.8 Å². The quantitative estimate of drug-likeness (QED) is 0.142. The van der Waals surface area contributed by atoms with Crippen LogP contribution in [0.25, 0.3) is 0 Å². The summed E-state index contributed by atoms with van der Waals surface area (Å²) in [7, 11) is 0. The second-order valence-electron chi connectivity index (χ2n) is 11.4. The first kappa shape index (κ1) is 30.2. The highest BCUT2D eigenvalue weighted by Gasteiger charge is 2.56. The molecule has 3 fully saturated rings. The molecule has 0 bridgehead atoms. The van der Waals surface area contributed by atoms with Gasteiger partial charge in [-0.15, -0.1) is 0 Å². The molecule has 12 nitrogen and oxygen atoms in total. The number of aliphatic hydroxyl groups is 5. The fourth-order valence-corrected chi connectivity index (χ4v) is 6.45. The molecule has 4 aliphatic rings. The minimum absolute atomic E-state index is 0.0387. The second-order valence-corrected chi connectivity index (χ2v) is 11.4. The summed E-state index contributed by atoms with van der Waals surface area (Å²) in [6.07, 6.45) is -9.98. The summed E-state index contributed by atoms with van der Waals surface area (Å²) in [5, 5.41) is 60.3. The molecule has 6 N–H and O–H groups in total. The van der Waals surface area contributed by atoms with Crippen LogP contribution in [0.15, 0.2) is 59.9 Å². The lowest BCUT2D eigenvalue weighted by atomic mass is 9.80. The number of benzene rings is 1. The Morgan fingerprint density at radius 1 is 1.07 bits per heavy atom. The van der Waals surface area contributed by atoms with Gasteiger partial charge < -0.3 is 49.6 Å². The minimum Gasteiger partial charge on any atom is -0.508 e. The molecule has 1 aromatic rings. The van der Waals surface area contributed by atoms with Crippen molar-refractivity contribution < 1.29 is 59.2 Å². The predicted octanol–water partition coefficient (Wildman–Crippen LogP) is -0.00830. The van der Waals surface area contributed by atoms with Crippen LogP contribution < -0.4 is 0 Å². The molecule has 42 heavy (non-hydrogen) atoms. The van der Waals surface area contributed by atoms with Crippen LogP contribution in [0.4, 0.5) is 0 Å². The highest BCUT2D eigenvalue weighted by molar-refractivity contribution is 5.91. The third-order valence-electron chi connectivity index (χ3n) is 8.79. The Balaban J connectivity index is 1.35. The first-order chi connectivity index (χ1) is 19.9. The fraction of sp³-hybridized carbons (Fsp3) is 0.533. The van der Waals surface area contributed by atoms with E-state index in [1.165, 1.54) is 12.1 Å². The summed E-state index contributed by atoms with van der Waals surface area (Å²) in [5.41, 5.74) is 2.12. The van der Waals surface area contributed by atoms with Gasteiger partial charge in [-0.25, -0.2) is 9.59 Å². The normalized spacial score (nSPS) is 37.0. The molecule has 2 aliphatic heterocycles. The number of esters is 2. The molecule has 1 saturated carbocycles. The number of allylic oxidation sites excluding steroid dienone is 1. The Morgan fingerprint density at radius 3 is 2.43 bits per heavy atom. The number of hydrogen-bond donors (Lipinski definition) is 6. The number of aromatic hydroxyl groups is 1. The average Bonchev–Trinajstić information content (AvgIpc) is 3.40. The zero-order valence-electron chi connectivity index (χ0n) is 23.0. The number of rotatable bonds is 7. The molecule has 228 valence electrons. The van der Waals surface area contributed by atoms with Crippen LogP contribution in [0, 0.1) is 17.8 Å². The van der Waals surface area contributed by atoms with Crippen molar-refractivity contribution in [3.8, 4) is 5.75 Å². The molecule has 0 radical (unpaired) electrons. The van der Waals surface area contributed by atoms with Crippen LogP contribution in [0.5, 0.6) is 5.75 Å². The molecule has 0 amide bonds. The molecule has 0 spiro atoms. The fourth-order valence-electron chi connectivity index (χ4n) is 6.45. The van der Waals surface area contributed by atoms with Crippen molar-refractivity contribution in [3.05, 3.63) is 65.5 Å². The van der Waals surface area contributed by atoms with E-state index in [0.717, 1.165) is 0 Å². The van der Waals surface area contributed by atoms with Crippen molar-refractivity contribution in [2.75, 3.05) is 6.61 Å². The third-order valence-corrected chi connectivity index (χ3v) is 8.79. The molecule has 12 heteroatoms. The van der Waals surface area contributed by atoms with Gasteiger partial charge in [-0.1, -0.05) is 30.9 Å². The van der Waals surface area contributed by atoms with E-state index >= 15 is 0 Å². The molecular formula is C30H36O12. The molecule has 11 atom stereocenters. The average molecular weight is 589 g/mol. The van der Waals surface area contributed by atoms with Crippen molar-refractivity contribution >= 4 is 11.9 Å². The Bertz CT molecular complexity index is 1270. The van der Waals surface area contributed by atoms with Crippen LogP contribution in [-0.2, 0) is 35.0 Å². The number of carbonyl (C=O) groups excluding carboxylic acids is 2. The van der Waals surface area contributed by atoms with Crippen molar-refractivity contribution in [1.82, 2.24) is 0 Å². The molecule has 1 aromatic carbocycles. The Morgan fingerprint density at radius 2 is 1.76 bits per heavy atom. The maximum atomic E-state index is 13.0. The molecule has 5 rings (SSSR count). The lowest BCUT2D eigenvalue weighted by Crippen LogP contribution is -2.59. The van der Waals surface area contributed by atoms with Crippen LogP contribution in [0.3, 0.4) is 0 Å². The van der Waals surface area contributed by atoms with E-state index in [2.05, 4.69) is 13.2 Å². The molecule has 2 heterocycles. The van der Waals surface area contributed by atoms with Crippen LogP contribution >= 0.6 is 0 Å². The number of ether oxygens (including phenoxy) is 4. The van der Waals surface area contributed by atoms with Gasteiger partial charge in [0.25, 0.3) is 0 Å². The second kappa shape index (κ2) is 11.8. The van der Waals surface area contributed by atoms with Crippen molar-refractivity contribution in [3.63, 3.8) is 0 Å². The predicted molar refractivity (Wildman–Crippen MR) is 143 cm³/mol. The van der Waals surface area contributed by atoms with E-state index in [-0.39, 0.29) is 36.5 Å². The van der Waals surface area contributed by atoms with Gasteiger partial charge in [-0.2, -0.15) is 0 Å². The van der Waals surface area contributed by atoms with E-state index < -0.39 is 79.4 Å². The number of hydrogen-bond acceptors (Lipinski definition) is 12. The van der Waals surface area contributed by atoms with E-state index in [0.29, 0.717) is 22.5 Å². The summed E-state index contributed by atoms with van der Waals surface area (Å²) in [6, 6.07) is 6.06. The van der Waals surface area contributed by atoms with Gasteiger partial charge in [0.1, 0.15) is 42.4 Å². The molecule has 2 saturated heterocycles. The van der Waals surface area contributed by atoms with Gasteiger partial charge >= 0.3 is 11.9 Å². The topological polar surface area (TPSA) is 192 Å². The summed E-state index contributed by atoms with van der Waals surface area (Å²) < 4.78 is 23.0. The lowest BCUT2D eigenvalue weighted by molar-refractivity contribution is -0.292. The van der Waals surface area contributed by atoms with Gasteiger partial charge in [-0.05, 0) is 36.1 Å². The van der Waals surface area contributed by atoms with Gasteiger partial charge in [0.15, 0.2) is 6.10 Å². The largest absolute Gasteiger partial charge is 0.508 e. The molecule has 2 aliphatic carbocycles. The van der Waals surface area contributed by atoms with Gasteiger partial charge in [0.2, 0.25) is 6.29 Å². The molecular weight excluding hydrogens is 552 g/mol. The summed E-state index contributed by atoms with van der Waals surface area (Å²) in [6.45, 7) is 9.30. The van der Waals surface area contributed by atoms with E-state index in [4.69, 9.17) is 18.9 Å². The third kappa shape index (κ3) is 5.46. The zero-order valence-corrected chi connectivity index (χ0v) is 23.0. The maximum absolute atomic E-state index is 13.0. The first-order valence-corrected chi connectivity index (χ1v) is 13.8. The highest BCUT2D eigenvalue weighted by atomic mass is 16.7. The molecule has 6 unspecified atom stereocenters. The lowest BCUT2D eigenvalue weighted by Gasteiger charge is -2.40. The van der Waals surface area contributed by atoms with Crippen LogP contribution in [0.1, 0.15) is 25.3 Å². The zero-order chi connectivity index (χ0) is 30.5. The smallest absolute Gasteiger partial charge is 0.335 e. The van der Waals surface area contributed by atoms with E-state index in [1.807, 2.05) is 0 Å². The standard InChI is InChI=1S/C30H36O12/c1-12-8-20(39-29(38)18(33)9-15-4-6-16(32)7-5-15)23-14(3)28(37)42-27(23)22-13(2)19(10-17(12)22)40-30-26(36)25(35)24(34)21(11-31)41-30/h4-7,17-18,20-27,30-36H,1,3,8-11H2,2H3/t17?,18?,20?,21-,22?,23?,24-,25+,26-,27?,30-/m1/s1. The van der Waals surface area contributed by atoms with Crippen molar-refractivity contribution in [1.29, 1.82) is 0 Å². The molecule has 0 aromatic heterocycles. The highest BCUT2D eigenvalue weighted by Crippen LogP contribution is 2.53. The van der Waals surface area contributed by atoms with Crippen LogP contribution in [0.2, 0.25) is 0 Å². The maximum Gasteiger partial charge on any atom is 0.335 e. The van der Waals surface area contributed by atoms with Crippen molar-refractivity contribution in [2.24, 2.45) is 17.8 Å². The van der Waals surface area contributed by atoms with Gasteiger partial charge in [0.05, 0.1) is 18.3 Å². The number of phenols is 1. The number of phenolic OH excluding ortho intramolecular Hbond substituents is 1. The number of carbonyl (C=O) groups is 2. The van der Waals surface area contributed by atoms with Gasteiger partial charge in [-0.3, -0.25) is 0 Å². The summed E-state index contributed by atoms with van der Waals surface area (Å²) in [5.74, 6) is -2.49.